The molecule has 3 nitrogen and oxygen atoms in total. The number of hydrogen-bond acceptors (Lipinski definition) is 3. The van der Waals surface area contributed by atoms with Crippen LogP contribution in [0.15, 0.2) is 41.8 Å². The number of nitrogens with one attached hydrogen (secondary N) is 1. The highest BCUT2D eigenvalue weighted by Crippen LogP contribution is 2.35. The van der Waals surface area contributed by atoms with Crippen molar-refractivity contribution in [3.05, 3.63) is 47.8 Å². The minimum absolute atomic E-state index is 0.106. The quantitative estimate of drug-likeness (QED) is 0.849. The van der Waals surface area contributed by atoms with Crippen LogP contribution in [0.25, 0.3) is 0 Å². The number of rotatable bonds is 4. The minimum atomic E-state index is -4.39. The summed E-state index contributed by atoms with van der Waals surface area (Å²) in [7, 11) is 0. The first-order valence-corrected chi connectivity index (χ1v) is 6.51. The lowest BCUT2D eigenvalue weighted by Crippen LogP contribution is -2.19. The summed E-state index contributed by atoms with van der Waals surface area (Å²) in [5, 5.41) is 0.639. The van der Waals surface area contributed by atoms with E-state index in [1.807, 2.05) is 0 Å². The number of imidazole rings is 1. The maximum Gasteiger partial charge on any atom is 0.416 e. The standard InChI is InChI=1S/C12H12F3N3S/c13-12(14,15)9-4-2-1-3-8(9)10(16)7-19-11-17-5-6-18-11/h1-6,10H,7,16H2,(H,17,18). The monoisotopic (exact) mass is 287 g/mol. The molecule has 2 rings (SSSR count). The number of H-pyrrole nitrogens is 1. The number of aromatic amines is 1. The van der Waals surface area contributed by atoms with Gasteiger partial charge in [-0.1, -0.05) is 30.0 Å². The molecule has 0 aliphatic rings. The lowest BCUT2D eigenvalue weighted by atomic mass is 10.0. The van der Waals surface area contributed by atoms with Crippen LogP contribution in [0.1, 0.15) is 17.2 Å². The van der Waals surface area contributed by atoms with Crippen molar-refractivity contribution in [3.8, 4) is 0 Å². The van der Waals surface area contributed by atoms with E-state index in [4.69, 9.17) is 5.73 Å². The van der Waals surface area contributed by atoms with E-state index in [9.17, 15) is 13.2 Å². The Morgan fingerprint density at radius 1 is 1.32 bits per heavy atom. The Morgan fingerprint density at radius 3 is 2.68 bits per heavy atom. The minimum Gasteiger partial charge on any atom is -0.340 e. The lowest BCUT2D eigenvalue weighted by Gasteiger charge is -2.17. The van der Waals surface area contributed by atoms with Gasteiger partial charge in [0.15, 0.2) is 5.16 Å². The topological polar surface area (TPSA) is 54.7 Å². The Balaban J connectivity index is 2.12. The number of thioether (sulfide) groups is 1. The number of nitrogens with zero attached hydrogens (tertiary/aromatic N) is 1. The van der Waals surface area contributed by atoms with Crippen molar-refractivity contribution in [1.82, 2.24) is 9.97 Å². The highest BCUT2D eigenvalue weighted by Gasteiger charge is 2.34. The van der Waals surface area contributed by atoms with Crippen LogP contribution in [0.4, 0.5) is 13.2 Å². The van der Waals surface area contributed by atoms with E-state index in [0.717, 1.165) is 6.07 Å². The summed E-state index contributed by atoms with van der Waals surface area (Å²) in [5.41, 5.74) is 5.27. The zero-order valence-corrected chi connectivity index (χ0v) is 10.6. The molecule has 3 N–H and O–H groups in total. The molecule has 0 saturated heterocycles. The second-order valence-electron chi connectivity index (χ2n) is 3.90. The van der Waals surface area contributed by atoms with Gasteiger partial charge in [0.1, 0.15) is 0 Å². The van der Waals surface area contributed by atoms with Crippen LogP contribution in [0.5, 0.6) is 0 Å². The van der Waals surface area contributed by atoms with E-state index in [1.54, 1.807) is 18.5 Å². The fourth-order valence-electron chi connectivity index (χ4n) is 1.67. The molecule has 1 atom stereocenters. The number of alkyl halides is 3. The van der Waals surface area contributed by atoms with E-state index in [0.29, 0.717) is 10.9 Å². The van der Waals surface area contributed by atoms with Crippen LogP contribution >= 0.6 is 11.8 Å². The summed E-state index contributed by atoms with van der Waals surface area (Å²) >= 11 is 1.29. The number of halogens is 3. The van der Waals surface area contributed by atoms with Crippen molar-refractivity contribution < 1.29 is 13.2 Å². The smallest absolute Gasteiger partial charge is 0.340 e. The fourth-order valence-corrected chi connectivity index (χ4v) is 2.47. The van der Waals surface area contributed by atoms with Gasteiger partial charge in [0, 0.05) is 24.2 Å². The molecule has 0 radical (unpaired) electrons. The Morgan fingerprint density at radius 2 is 2.05 bits per heavy atom. The first-order valence-electron chi connectivity index (χ1n) is 5.52. The summed E-state index contributed by atoms with van der Waals surface area (Å²) in [6.07, 6.45) is -1.15. The van der Waals surface area contributed by atoms with E-state index in [-0.39, 0.29) is 5.56 Å². The van der Waals surface area contributed by atoms with Gasteiger partial charge >= 0.3 is 6.18 Å². The summed E-state index contributed by atoms with van der Waals surface area (Å²) < 4.78 is 38.5. The molecular formula is C12H12F3N3S. The van der Waals surface area contributed by atoms with Crippen molar-refractivity contribution >= 4 is 11.8 Å². The molecule has 7 heteroatoms. The first kappa shape index (κ1) is 14.0. The van der Waals surface area contributed by atoms with Crippen molar-refractivity contribution in [2.75, 3.05) is 5.75 Å². The second kappa shape index (κ2) is 5.66. The predicted molar refractivity (Wildman–Crippen MR) is 67.7 cm³/mol. The molecule has 1 heterocycles. The number of hydrogen-bond donors (Lipinski definition) is 2. The van der Waals surface area contributed by atoms with Gasteiger partial charge in [-0.25, -0.2) is 4.98 Å². The van der Waals surface area contributed by atoms with Gasteiger partial charge in [0.25, 0.3) is 0 Å². The third-order valence-corrected chi connectivity index (χ3v) is 3.56. The molecular weight excluding hydrogens is 275 g/mol. The van der Waals surface area contributed by atoms with Crippen molar-refractivity contribution in [2.24, 2.45) is 5.73 Å². The Labute approximate surface area is 112 Å². The van der Waals surface area contributed by atoms with Gasteiger partial charge in [-0.3, -0.25) is 0 Å². The summed E-state index contributed by atoms with van der Waals surface area (Å²) in [6.45, 7) is 0. The fraction of sp³-hybridized carbons (Fsp3) is 0.250. The zero-order chi connectivity index (χ0) is 13.9. The molecule has 1 aromatic carbocycles. The maximum atomic E-state index is 12.8. The average Bonchev–Trinajstić information content (AvgIpc) is 2.88. The SMILES string of the molecule is NC(CSc1ncc[nH]1)c1ccccc1C(F)(F)F. The molecule has 1 aromatic heterocycles. The molecule has 0 fully saturated rings. The first-order chi connectivity index (χ1) is 8.98. The molecule has 0 bridgehead atoms. The van der Waals surface area contributed by atoms with Gasteiger partial charge in [0.2, 0.25) is 0 Å². The molecule has 0 aliphatic carbocycles. The van der Waals surface area contributed by atoms with E-state index in [2.05, 4.69) is 9.97 Å². The number of aromatic nitrogens is 2. The molecule has 0 amide bonds. The van der Waals surface area contributed by atoms with Gasteiger partial charge in [-0.15, -0.1) is 0 Å². The van der Waals surface area contributed by atoms with Crippen LogP contribution in [0, 0.1) is 0 Å². The molecule has 102 valence electrons. The second-order valence-corrected chi connectivity index (χ2v) is 4.91. The molecule has 0 saturated carbocycles. The third kappa shape index (κ3) is 3.51. The average molecular weight is 287 g/mol. The van der Waals surface area contributed by atoms with Crippen molar-refractivity contribution in [3.63, 3.8) is 0 Å². The Bertz CT molecular complexity index is 525. The van der Waals surface area contributed by atoms with E-state index < -0.39 is 17.8 Å². The summed E-state index contributed by atoms with van der Waals surface area (Å²) in [4.78, 5) is 6.85. The highest BCUT2D eigenvalue weighted by atomic mass is 32.2. The van der Waals surface area contributed by atoms with Crippen LogP contribution < -0.4 is 5.73 Å². The molecule has 19 heavy (non-hydrogen) atoms. The maximum absolute atomic E-state index is 12.8. The van der Waals surface area contributed by atoms with Gasteiger partial charge in [-0.05, 0) is 11.6 Å². The largest absolute Gasteiger partial charge is 0.416 e. The lowest BCUT2D eigenvalue weighted by molar-refractivity contribution is -0.138. The number of nitrogens with two attached hydrogens (primary N) is 1. The van der Waals surface area contributed by atoms with Crippen molar-refractivity contribution in [2.45, 2.75) is 17.4 Å². The van der Waals surface area contributed by atoms with E-state index >= 15 is 0 Å². The Hall–Kier alpha value is -1.47. The van der Waals surface area contributed by atoms with Crippen LogP contribution in [-0.4, -0.2) is 15.7 Å². The summed E-state index contributed by atoms with van der Waals surface area (Å²) in [5.74, 6) is 0.320. The predicted octanol–water partition coefficient (Wildman–Crippen LogP) is 3.22. The van der Waals surface area contributed by atoms with Gasteiger partial charge < -0.3 is 10.7 Å². The van der Waals surface area contributed by atoms with E-state index in [1.165, 1.54) is 23.9 Å². The third-order valence-electron chi connectivity index (χ3n) is 2.54. The normalized spacial score (nSPS) is 13.5. The highest BCUT2D eigenvalue weighted by molar-refractivity contribution is 7.99. The van der Waals surface area contributed by atoms with Gasteiger partial charge in [-0.2, -0.15) is 13.2 Å². The molecule has 0 spiro atoms. The zero-order valence-electron chi connectivity index (χ0n) is 9.82. The summed E-state index contributed by atoms with van der Waals surface area (Å²) in [6, 6.07) is 4.68. The molecule has 0 aliphatic heterocycles. The van der Waals surface area contributed by atoms with Crippen molar-refractivity contribution in [1.29, 1.82) is 0 Å². The van der Waals surface area contributed by atoms with Crippen LogP contribution in [0.3, 0.4) is 0 Å². The number of benzene rings is 1. The van der Waals surface area contributed by atoms with Gasteiger partial charge in [0.05, 0.1) is 5.56 Å². The Kier molecular flexibility index (Phi) is 4.16. The van der Waals surface area contributed by atoms with Crippen LogP contribution in [-0.2, 0) is 6.18 Å². The van der Waals surface area contributed by atoms with Crippen LogP contribution in [0.2, 0.25) is 0 Å². The molecule has 1 unspecified atom stereocenters. The molecule has 2 aromatic rings.